The molecular formula is C25H32N2O. The second-order valence-corrected chi connectivity index (χ2v) is 7.67. The van der Waals surface area contributed by atoms with Crippen molar-refractivity contribution < 1.29 is 4.79 Å². The molecule has 0 N–H and O–H groups in total. The van der Waals surface area contributed by atoms with E-state index in [4.69, 9.17) is 0 Å². The summed E-state index contributed by atoms with van der Waals surface area (Å²) in [7, 11) is 8.18. The number of rotatable bonds is 9. The third kappa shape index (κ3) is 5.35. The summed E-state index contributed by atoms with van der Waals surface area (Å²) in [6.07, 6.45) is 5.76. The second-order valence-electron chi connectivity index (χ2n) is 7.67. The highest BCUT2D eigenvalue weighted by Crippen LogP contribution is 2.37. The summed E-state index contributed by atoms with van der Waals surface area (Å²) in [5, 5.41) is 0. The normalized spacial score (nSPS) is 12.6. The first-order valence-electron chi connectivity index (χ1n) is 9.66. The van der Waals surface area contributed by atoms with E-state index in [0.29, 0.717) is 0 Å². The smallest absolute Gasteiger partial charge is 0.145 e. The molecule has 0 amide bonds. The third-order valence-corrected chi connectivity index (χ3v) is 5.07. The number of hydrogen-bond donors (Lipinski definition) is 0. The van der Waals surface area contributed by atoms with Crippen molar-refractivity contribution in [2.24, 2.45) is 5.92 Å². The molecule has 1 atom stereocenters. The van der Waals surface area contributed by atoms with Crippen LogP contribution in [-0.4, -0.2) is 34.5 Å². The topological polar surface area (TPSA) is 23.6 Å². The molecule has 28 heavy (non-hydrogen) atoms. The fourth-order valence-electron chi connectivity index (χ4n) is 3.52. The van der Waals surface area contributed by atoms with Gasteiger partial charge in [0, 0.05) is 45.5 Å². The van der Waals surface area contributed by atoms with E-state index in [1.807, 2.05) is 41.2 Å². The monoisotopic (exact) mass is 376 g/mol. The van der Waals surface area contributed by atoms with E-state index in [0.717, 1.165) is 18.3 Å². The maximum Gasteiger partial charge on any atom is 0.145 e. The van der Waals surface area contributed by atoms with E-state index in [1.54, 1.807) is 0 Å². The van der Waals surface area contributed by atoms with E-state index in [-0.39, 0.29) is 11.8 Å². The highest BCUT2D eigenvalue weighted by atomic mass is 16.1. The summed E-state index contributed by atoms with van der Waals surface area (Å²) in [6.45, 7) is 5.81. The Kier molecular flexibility index (Phi) is 7.62. The van der Waals surface area contributed by atoms with Crippen molar-refractivity contribution in [1.29, 1.82) is 0 Å². The van der Waals surface area contributed by atoms with Gasteiger partial charge in [0.1, 0.15) is 6.29 Å². The number of anilines is 2. The van der Waals surface area contributed by atoms with Gasteiger partial charge in [-0.05, 0) is 60.2 Å². The van der Waals surface area contributed by atoms with Gasteiger partial charge in [0.25, 0.3) is 0 Å². The lowest BCUT2D eigenvalue weighted by Gasteiger charge is -2.27. The fraction of sp³-hybridized carbons (Fsp3) is 0.320. The number of benzene rings is 2. The Morgan fingerprint density at radius 2 is 1.32 bits per heavy atom. The largest absolute Gasteiger partial charge is 0.378 e. The van der Waals surface area contributed by atoms with E-state index >= 15 is 0 Å². The molecule has 0 aliphatic carbocycles. The molecule has 2 rings (SSSR count). The maximum atomic E-state index is 11.3. The summed E-state index contributed by atoms with van der Waals surface area (Å²) < 4.78 is 0. The van der Waals surface area contributed by atoms with Gasteiger partial charge in [0.2, 0.25) is 0 Å². The van der Waals surface area contributed by atoms with Gasteiger partial charge in [-0.15, -0.1) is 6.58 Å². The van der Waals surface area contributed by atoms with Gasteiger partial charge >= 0.3 is 0 Å². The molecule has 2 aromatic rings. The van der Waals surface area contributed by atoms with Gasteiger partial charge in [0.05, 0.1) is 0 Å². The Bertz CT molecular complexity index is 750. The highest BCUT2D eigenvalue weighted by Gasteiger charge is 2.23. The van der Waals surface area contributed by atoms with Crippen molar-refractivity contribution >= 4 is 17.7 Å². The zero-order valence-electron chi connectivity index (χ0n) is 17.7. The predicted octanol–water partition coefficient (Wildman–Crippen LogP) is 5.29. The van der Waals surface area contributed by atoms with Gasteiger partial charge in [-0.2, -0.15) is 0 Å². The van der Waals surface area contributed by atoms with Crippen LogP contribution in [-0.2, 0) is 4.79 Å². The highest BCUT2D eigenvalue weighted by molar-refractivity contribution is 5.72. The molecule has 0 aliphatic rings. The lowest BCUT2D eigenvalue weighted by Crippen LogP contribution is -2.15. The third-order valence-electron chi connectivity index (χ3n) is 5.07. The second kappa shape index (κ2) is 9.93. The minimum Gasteiger partial charge on any atom is -0.378 e. The molecule has 0 spiro atoms. The molecular weight excluding hydrogens is 344 g/mol. The van der Waals surface area contributed by atoms with Gasteiger partial charge in [-0.3, -0.25) is 4.79 Å². The van der Waals surface area contributed by atoms with Crippen molar-refractivity contribution in [3.05, 3.63) is 84.0 Å². The molecule has 0 bridgehead atoms. The van der Waals surface area contributed by atoms with E-state index in [1.165, 1.54) is 22.5 Å². The predicted molar refractivity (Wildman–Crippen MR) is 122 cm³/mol. The summed E-state index contributed by atoms with van der Waals surface area (Å²) in [5.41, 5.74) is 5.58. The minimum atomic E-state index is 0.153. The lowest BCUT2D eigenvalue weighted by molar-refractivity contribution is -0.104. The van der Waals surface area contributed by atoms with Crippen LogP contribution in [0.5, 0.6) is 0 Å². The van der Waals surface area contributed by atoms with Crippen molar-refractivity contribution in [1.82, 2.24) is 0 Å². The van der Waals surface area contributed by atoms with Gasteiger partial charge in [0.15, 0.2) is 0 Å². The van der Waals surface area contributed by atoms with E-state index in [2.05, 4.69) is 71.0 Å². The Hall–Kier alpha value is -2.81. The van der Waals surface area contributed by atoms with Gasteiger partial charge in [-0.1, -0.05) is 36.4 Å². The quantitative estimate of drug-likeness (QED) is 0.338. The summed E-state index contributed by atoms with van der Waals surface area (Å²) in [5.74, 6) is 0.318. The number of carbonyl (C=O) groups excluding carboxylic acids is 1. The Morgan fingerprint density at radius 3 is 1.64 bits per heavy atom. The van der Waals surface area contributed by atoms with Crippen LogP contribution in [0.1, 0.15) is 30.4 Å². The molecule has 0 unspecified atom stereocenters. The number of nitrogens with zero attached hydrogens (tertiary/aromatic N) is 2. The maximum absolute atomic E-state index is 11.3. The molecule has 3 nitrogen and oxygen atoms in total. The Balaban J connectivity index is 2.55. The summed E-state index contributed by atoms with van der Waals surface area (Å²) in [4.78, 5) is 15.5. The molecule has 0 radical (unpaired) electrons. The molecule has 0 fully saturated rings. The first kappa shape index (κ1) is 21.5. The van der Waals surface area contributed by atoms with Gasteiger partial charge in [-0.25, -0.2) is 0 Å². The van der Waals surface area contributed by atoms with Crippen LogP contribution >= 0.6 is 0 Å². The Labute approximate surface area is 170 Å². The standard InChI is InChI=1S/C25H32N2O/c1-7-8-22(17-19(2)18-28)25(20-9-13-23(14-10-20)26(3)4)21-11-15-24(16-12-21)27(5)6/h7,9-18,22,25H,1,8H2,2-6H3/b19-17-/t22-/m1/s1. The number of allylic oxidation sites excluding steroid dienone is 3. The molecule has 0 saturated heterocycles. The van der Waals surface area contributed by atoms with Crippen molar-refractivity contribution in [3.63, 3.8) is 0 Å². The molecule has 0 heterocycles. The fourth-order valence-corrected chi connectivity index (χ4v) is 3.52. The molecule has 0 aromatic heterocycles. The number of aldehydes is 1. The summed E-state index contributed by atoms with van der Waals surface area (Å²) in [6, 6.07) is 17.4. The number of carbonyl (C=O) groups is 1. The molecule has 0 saturated carbocycles. The molecule has 3 heteroatoms. The summed E-state index contributed by atoms with van der Waals surface area (Å²) >= 11 is 0. The van der Waals surface area contributed by atoms with Crippen molar-refractivity contribution in [2.75, 3.05) is 38.0 Å². The molecule has 148 valence electrons. The van der Waals surface area contributed by atoms with Crippen LogP contribution in [0.2, 0.25) is 0 Å². The number of hydrogen-bond acceptors (Lipinski definition) is 3. The molecule has 0 aliphatic heterocycles. The zero-order chi connectivity index (χ0) is 20.7. The van der Waals surface area contributed by atoms with Crippen LogP contribution in [0.15, 0.2) is 72.8 Å². The van der Waals surface area contributed by atoms with Crippen molar-refractivity contribution in [3.8, 4) is 0 Å². The van der Waals surface area contributed by atoms with Crippen LogP contribution in [0.3, 0.4) is 0 Å². The average molecular weight is 377 g/mol. The first-order valence-corrected chi connectivity index (χ1v) is 9.66. The van der Waals surface area contributed by atoms with Crippen molar-refractivity contribution in [2.45, 2.75) is 19.3 Å². The van der Waals surface area contributed by atoms with E-state index < -0.39 is 0 Å². The first-order chi connectivity index (χ1) is 13.4. The molecule has 2 aromatic carbocycles. The lowest BCUT2D eigenvalue weighted by atomic mass is 9.78. The SMILES string of the molecule is C=CC[C@H](/C=C(/C)C=O)C(c1ccc(N(C)C)cc1)c1ccc(N(C)C)cc1. The zero-order valence-corrected chi connectivity index (χ0v) is 17.7. The Morgan fingerprint density at radius 1 is 0.893 bits per heavy atom. The van der Waals surface area contributed by atoms with Crippen LogP contribution in [0, 0.1) is 5.92 Å². The van der Waals surface area contributed by atoms with E-state index in [9.17, 15) is 4.79 Å². The minimum absolute atomic E-state index is 0.153. The van der Waals surface area contributed by atoms with Crippen LogP contribution < -0.4 is 9.80 Å². The average Bonchev–Trinajstić information content (AvgIpc) is 2.69. The van der Waals surface area contributed by atoms with Crippen LogP contribution in [0.4, 0.5) is 11.4 Å². The van der Waals surface area contributed by atoms with Crippen LogP contribution in [0.25, 0.3) is 0 Å². The van der Waals surface area contributed by atoms with Gasteiger partial charge < -0.3 is 9.80 Å².